The molecule has 0 aromatic heterocycles. The zero-order valence-electron chi connectivity index (χ0n) is 11.2. The van der Waals surface area contributed by atoms with E-state index >= 15 is 0 Å². The fourth-order valence-corrected chi connectivity index (χ4v) is 1.36. The minimum Gasteiger partial charge on any atom is -0.370 e. The second-order valence-corrected chi connectivity index (χ2v) is 4.26. The molecule has 106 valence electrons. The fourth-order valence-electron chi connectivity index (χ4n) is 1.36. The smallest absolute Gasteiger partial charge is 0.239 e. The van der Waals surface area contributed by atoms with Crippen LogP contribution in [0.1, 0.15) is 19.4 Å². The maximum atomic E-state index is 11.3. The summed E-state index contributed by atoms with van der Waals surface area (Å²) in [4.78, 5) is 15.5. The third-order valence-electron chi connectivity index (χ3n) is 2.15. The summed E-state index contributed by atoms with van der Waals surface area (Å²) in [7, 11) is 0. The van der Waals surface area contributed by atoms with Gasteiger partial charge in [-0.25, -0.2) is 4.99 Å². The van der Waals surface area contributed by atoms with Gasteiger partial charge in [0.2, 0.25) is 5.91 Å². The molecule has 0 spiro atoms. The van der Waals surface area contributed by atoms with Crippen LogP contribution in [0.3, 0.4) is 0 Å². The molecule has 0 radical (unpaired) electrons. The number of benzene rings is 1. The standard InChI is InChI=1S/C13H20N4O.HI/c1-10(2)17-12(18)9-16-13(14)15-8-11-6-4-3-5-7-11;/h3-7,10H,8-9H2,1-2H3,(H,17,18)(H3,14,15,16);1H. The van der Waals surface area contributed by atoms with E-state index in [4.69, 9.17) is 5.73 Å². The maximum absolute atomic E-state index is 11.3. The molecule has 0 saturated heterocycles. The van der Waals surface area contributed by atoms with Crippen molar-refractivity contribution in [3.8, 4) is 0 Å². The van der Waals surface area contributed by atoms with Gasteiger partial charge in [0, 0.05) is 6.04 Å². The van der Waals surface area contributed by atoms with Crippen LogP contribution < -0.4 is 16.4 Å². The lowest BCUT2D eigenvalue weighted by Gasteiger charge is -2.09. The molecule has 1 aromatic rings. The summed E-state index contributed by atoms with van der Waals surface area (Å²) < 4.78 is 0. The number of nitrogens with one attached hydrogen (secondary N) is 2. The van der Waals surface area contributed by atoms with Gasteiger partial charge in [0.15, 0.2) is 5.96 Å². The number of carbonyl (C=O) groups is 1. The number of halogens is 1. The lowest BCUT2D eigenvalue weighted by atomic mass is 10.2. The molecule has 5 nitrogen and oxygen atoms in total. The molecule has 19 heavy (non-hydrogen) atoms. The molecule has 0 unspecified atom stereocenters. The lowest BCUT2D eigenvalue weighted by Crippen LogP contribution is -2.42. The van der Waals surface area contributed by atoms with E-state index in [1.54, 1.807) is 0 Å². The van der Waals surface area contributed by atoms with Gasteiger partial charge in [0.1, 0.15) is 0 Å². The van der Waals surface area contributed by atoms with Gasteiger partial charge >= 0.3 is 0 Å². The Labute approximate surface area is 131 Å². The largest absolute Gasteiger partial charge is 0.370 e. The molecule has 0 fully saturated rings. The third kappa shape index (κ3) is 8.41. The van der Waals surface area contributed by atoms with E-state index in [1.807, 2.05) is 44.2 Å². The molecule has 0 aliphatic heterocycles. The SMILES string of the molecule is CC(C)NC(=O)CNC(N)=NCc1ccccc1.I. The van der Waals surface area contributed by atoms with Crippen LogP contribution in [0, 0.1) is 0 Å². The molecule has 0 atom stereocenters. The third-order valence-corrected chi connectivity index (χ3v) is 2.15. The van der Waals surface area contributed by atoms with Crippen molar-refractivity contribution in [1.29, 1.82) is 0 Å². The summed E-state index contributed by atoms with van der Waals surface area (Å²) in [5.41, 5.74) is 6.74. The molecular formula is C13H21IN4O. The van der Waals surface area contributed by atoms with E-state index in [0.717, 1.165) is 5.56 Å². The Morgan fingerprint density at radius 1 is 1.32 bits per heavy atom. The first kappa shape index (κ1) is 17.7. The van der Waals surface area contributed by atoms with Gasteiger partial charge in [-0.1, -0.05) is 30.3 Å². The van der Waals surface area contributed by atoms with E-state index < -0.39 is 0 Å². The summed E-state index contributed by atoms with van der Waals surface area (Å²) in [5, 5.41) is 5.53. The molecule has 1 rings (SSSR count). The average molecular weight is 376 g/mol. The van der Waals surface area contributed by atoms with Crippen molar-refractivity contribution in [3.05, 3.63) is 35.9 Å². The van der Waals surface area contributed by atoms with Crippen LogP contribution in [0.4, 0.5) is 0 Å². The minimum absolute atomic E-state index is 0. The van der Waals surface area contributed by atoms with E-state index in [0.29, 0.717) is 6.54 Å². The predicted octanol–water partition coefficient (Wildman–Crippen LogP) is 1.23. The van der Waals surface area contributed by atoms with Gasteiger partial charge < -0.3 is 16.4 Å². The van der Waals surface area contributed by atoms with E-state index in [2.05, 4.69) is 15.6 Å². The van der Waals surface area contributed by atoms with Gasteiger partial charge in [-0.05, 0) is 19.4 Å². The minimum atomic E-state index is -0.0946. The summed E-state index contributed by atoms with van der Waals surface area (Å²) in [5.74, 6) is 0.181. The number of nitrogens with zero attached hydrogens (tertiary/aromatic N) is 1. The number of nitrogens with two attached hydrogens (primary N) is 1. The number of carbonyl (C=O) groups excluding carboxylic acids is 1. The maximum Gasteiger partial charge on any atom is 0.239 e. The van der Waals surface area contributed by atoms with E-state index in [1.165, 1.54) is 0 Å². The molecule has 0 heterocycles. The Bertz CT molecular complexity index is 406. The van der Waals surface area contributed by atoms with Crippen LogP contribution in [-0.2, 0) is 11.3 Å². The molecule has 4 N–H and O–H groups in total. The topological polar surface area (TPSA) is 79.5 Å². The molecule has 0 saturated carbocycles. The average Bonchev–Trinajstić information content (AvgIpc) is 2.34. The van der Waals surface area contributed by atoms with Gasteiger partial charge in [-0.3, -0.25) is 4.79 Å². The van der Waals surface area contributed by atoms with Crippen molar-refractivity contribution in [2.75, 3.05) is 6.54 Å². The highest BCUT2D eigenvalue weighted by Gasteiger charge is 2.02. The Morgan fingerprint density at radius 3 is 2.53 bits per heavy atom. The molecule has 6 heteroatoms. The first-order valence-corrected chi connectivity index (χ1v) is 5.95. The van der Waals surface area contributed by atoms with Gasteiger partial charge in [-0.15, -0.1) is 24.0 Å². The van der Waals surface area contributed by atoms with Gasteiger partial charge in [-0.2, -0.15) is 0 Å². The Kier molecular flexibility index (Phi) is 8.94. The summed E-state index contributed by atoms with van der Waals surface area (Å²) in [6.07, 6.45) is 0. The highest BCUT2D eigenvalue weighted by molar-refractivity contribution is 14.0. The van der Waals surface area contributed by atoms with Crippen LogP contribution in [0.2, 0.25) is 0 Å². The Morgan fingerprint density at radius 2 is 1.95 bits per heavy atom. The molecule has 1 aromatic carbocycles. The molecule has 0 aliphatic rings. The van der Waals surface area contributed by atoms with Gasteiger partial charge in [0.05, 0.1) is 13.1 Å². The van der Waals surface area contributed by atoms with Crippen LogP contribution in [0.15, 0.2) is 35.3 Å². The molecule has 0 aliphatic carbocycles. The van der Waals surface area contributed by atoms with Crippen LogP contribution in [-0.4, -0.2) is 24.5 Å². The van der Waals surface area contributed by atoms with Crippen molar-refractivity contribution in [2.24, 2.45) is 10.7 Å². The monoisotopic (exact) mass is 376 g/mol. The molecule has 0 bridgehead atoms. The number of guanidine groups is 1. The van der Waals surface area contributed by atoms with Crippen LogP contribution >= 0.6 is 24.0 Å². The number of hydrogen-bond acceptors (Lipinski definition) is 2. The molecular weight excluding hydrogens is 355 g/mol. The zero-order valence-corrected chi connectivity index (χ0v) is 13.5. The summed E-state index contributed by atoms with van der Waals surface area (Å²) in [6.45, 7) is 4.46. The second kappa shape index (κ2) is 9.60. The van der Waals surface area contributed by atoms with Crippen molar-refractivity contribution >= 4 is 35.8 Å². The number of aliphatic imine (C=N–C) groups is 1. The van der Waals surface area contributed by atoms with Crippen molar-refractivity contribution < 1.29 is 4.79 Å². The highest BCUT2D eigenvalue weighted by Crippen LogP contribution is 1.99. The van der Waals surface area contributed by atoms with Crippen LogP contribution in [0.5, 0.6) is 0 Å². The fraction of sp³-hybridized carbons (Fsp3) is 0.385. The normalized spacial score (nSPS) is 10.8. The van der Waals surface area contributed by atoms with Crippen molar-refractivity contribution in [2.45, 2.75) is 26.4 Å². The first-order chi connectivity index (χ1) is 8.58. The lowest BCUT2D eigenvalue weighted by molar-refractivity contribution is -0.120. The molecule has 1 amide bonds. The number of rotatable bonds is 5. The quantitative estimate of drug-likeness (QED) is 0.411. The predicted molar refractivity (Wildman–Crippen MR) is 88.5 cm³/mol. The van der Waals surface area contributed by atoms with Crippen molar-refractivity contribution in [1.82, 2.24) is 10.6 Å². The van der Waals surface area contributed by atoms with Crippen LogP contribution in [0.25, 0.3) is 0 Å². The van der Waals surface area contributed by atoms with Crippen molar-refractivity contribution in [3.63, 3.8) is 0 Å². The number of amides is 1. The first-order valence-electron chi connectivity index (χ1n) is 5.95. The zero-order chi connectivity index (χ0) is 13.4. The van der Waals surface area contributed by atoms with Gasteiger partial charge in [0.25, 0.3) is 0 Å². The van der Waals surface area contributed by atoms with E-state index in [9.17, 15) is 4.79 Å². The Hall–Kier alpha value is -1.31. The Balaban J connectivity index is 0.00000324. The summed E-state index contributed by atoms with van der Waals surface area (Å²) in [6, 6.07) is 9.92. The number of hydrogen-bond donors (Lipinski definition) is 3. The van der Waals surface area contributed by atoms with E-state index in [-0.39, 0.29) is 48.4 Å². The summed E-state index contributed by atoms with van der Waals surface area (Å²) >= 11 is 0. The highest BCUT2D eigenvalue weighted by atomic mass is 127. The second-order valence-electron chi connectivity index (χ2n) is 4.26.